The Morgan fingerprint density at radius 2 is 1.90 bits per heavy atom. The van der Waals surface area contributed by atoms with Gasteiger partial charge in [0.15, 0.2) is 0 Å². The first-order chi connectivity index (χ1) is 10.2. The molecule has 3 aromatic rings. The zero-order valence-corrected chi connectivity index (χ0v) is 12.1. The van der Waals surface area contributed by atoms with Crippen LogP contribution in [0.4, 0.5) is 0 Å². The first kappa shape index (κ1) is 13.3. The number of benzene rings is 1. The molecule has 1 aromatic carbocycles. The minimum absolute atomic E-state index is 0.846. The second kappa shape index (κ2) is 5.75. The summed E-state index contributed by atoms with van der Waals surface area (Å²) >= 11 is 0. The van der Waals surface area contributed by atoms with Crippen LogP contribution in [0.1, 0.15) is 17.0 Å². The van der Waals surface area contributed by atoms with E-state index in [-0.39, 0.29) is 0 Å². The highest BCUT2D eigenvalue weighted by molar-refractivity contribution is 5.82. The first-order valence-electron chi connectivity index (χ1n) is 6.80. The van der Waals surface area contributed by atoms with Gasteiger partial charge in [-0.1, -0.05) is 18.2 Å². The predicted molar refractivity (Wildman–Crippen MR) is 86.2 cm³/mol. The number of aromatic nitrogens is 2. The van der Waals surface area contributed by atoms with Crippen LogP contribution in [-0.4, -0.2) is 17.1 Å². The van der Waals surface area contributed by atoms with E-state index < -0.39 is 0 Å². The zero-order chi connectivity index (χ0) is 14.7. The molecule has 0 amide bonds. The van der Waals surface area contributed by atoms with E-state index in [2.05, 4.69) is 16.0 Å². The molecule has 0 saturated heterocycles. The van der Waals surface area contributed by atoms with Gasteiger partial charge in [0.25, 0.3) is 0 Å². The van der Waals surface area contributed by atoms with Gasteiger partial charge in [-0.3, -0.25) is 4.98 Å². The van der Waals surface area contributed by atoms with Crippen molar-refractivity contribution in [1.29, 1.82) is 0 Å². The van der Waals surface area contributed by atoms with Crippen molar-refractivity contribution in [1.82, 2.24) is 9.97 Å². The largest absolute Gasteiger partial charge is 0.497 e. The van der Waals surface area contributed by atoms with Crippen molar-refractivity contribution >= 4 is 23.1 Å². The van der Waals surface area contributed by atoms with Crippen molar-refractivity contribution in [2.24, 2.45) is 0 Å². The summed E-state index contributed by atoms with van der Waals surface area (Å²) in [7, 11) is 1.67. The van der Waals surface area contributed by atoms with Crippen LogP contribution in [0.15, 0.2) is 48.7 Å². The Kier molecular flexibility index (Phi) is 3.65. The molecule has 3 nitrogen and oxygen atoms in total. The molecule has 0 N–H and O–H groups in total. The van der Waals surface area contributed by atoms with Crippen LogP contribution in [-0.2, 0) is 0 Å². The summed E-state index contributed by atoms with van der Waals surface area (Å²) in [6.45, 7) is 1.98. The molecular formula is C18H16N2O. The predicted octanol–water partition coefficient (Wildman–Crippen LogP) is 4.12. The molecule has 21 heavy (non-hydrogen) atoms. The molecule has 0 atom stereocenters. The Balaban J connectivity index is 1.88. The molecule has 3 rings (SSSR count). The number of hydrogen-bond donors (Lipinski definition) is 0. The summed E-state index contributed by atoms with van der Waals surface area (Å²) in [5.41, 5.74) is 3.97. The van der Waals surface area contributed by atoms with E-state index in [0.29, 0.717) is 0 Å². The lowest BCUT2D eigenvalue weighted by molar-refractivity contribution is 0.415. The van der Waals surface area contributed by atoms with E-state index in [9.17, 15) is 0 Å². The maximum absolute atomic E-state index is 5.22. The Bertz CT molecular complexity index is 792. The summed E-state index contributed by atoms with van der Waals surface area (Å²) in [5.74, 6) is 0.846. The zero-order valence-electron chi connectivity index (χ0n) is 12.1. The lowest BCUT2D eigenvalue weighted by Crippen LogP contribution is -1.86. The van der Waals surface area contributed by atoms with Crippen LogP contribution in [0.25, 0.3) is 23.1 Å². The van der Waals surface area contributed by atoms with E-state index in [1.807, 2.05) is 61.7 Å². The van der Waals surface area contributed by atoms with Gasteiger partial charge >= 0.3 is 0 Å². The Hall–Kier alpha value is -2.68. The maximum Gasteiger partial charge on any atom is 0.119 e. The minimum atomic E-state index is 0.846. The normalized spacial score (nSPS) is 11.1. The third-order valence-corrected chi connectivity index (χ3v) is 3.30. The molecule has 0 radical (unpaired) electrons. The number of rotatable bonds is 3. The van der Waals surface area contributed by atoms with Gasteiger partial charge in [0.2, 0.25) is 0 Å². The smallest absolute Gasteiger partial charge is 0.119 e. The fraction of sp³-hybridized carbons (Fsp3) is 0.111. The first-order valence-corrected chi connectivity index (χ1v) is 6.80. The molecule has 104 valence electrons. The van der Waals surface area contributed by atoms with Crippen molar-refractivity contribution in [2.45, 2.75) is 6.92 Å². The molecule has 0 aliphatic carbocycles. The summed E-state index contributed by atoms with van der Waals surface area (Å²) in [4.78, 5) is 8.90. The number of methoxy groups -OCH3 is 1. The standard InChI is InChI=1S/C18H16N2O/c1-13-3-4-14(12-19-13)5-7-16-8-6-15-11-17(21-2)9-10-18(15)20-16/h3-12H,1-2H3/b7-5+. The summed E-state index contributed by atoms with van der Waals surface area (Å²) in [6.07, 6.45) is 5.87. The Morgan fingerprint density at radius 1 is 1.00 bits per heavy atom. The van der Waals surface area contributed by atoms with E-state index in [0.717, 1.165) is 33.6 Å². The molecule has 0 fully saturated rings. The van der Waals surface area contributed by atoms with Gasteiger partial charge in [0.1, 0.15) is 5.75 Å². The van der Waals surface area contributed by atoms with Crippen LogP contribution in [0.2, 0.25) is 0 Å². The highest BCUT2D eigenvalue weighted by Crippen LogP contribution is 2.20. The van der Waals surface area contributed by atoms with E-state index in [1.165, 1.54) is 0 Å². The van der Waals surface area contributed by atoms with Gasteiger partial charge in [-0.2, -0.15) is 0 Å². The quantitative estimate of drug-likeness (QED) is 0.722. The lowest BCUT2D eigenvalue weighted by Gasteiger charge is -2.02. The van der Waals surface area contributed by atoms with Gasteiger partial charge in [-0.15, -0.1) is 0 Å². The second-order valence-electron chi connectivity index (χ2n) is 4.86. The van der Waals surface area contributed by atoms with Gasteiger partial charge in [-0.25, -0.2) is 4.98 Å². The molecule has 2 heterocycles. The Labute approximate surface area is 123 Å². The summed E-state index contributed by atoms with van der Waals surface area (Å²) in [6, 6.07) is 14.0. The van der Waals surface area contributed by atoms with Crippen LogP contribution in [0, 0.1) is 6.92 Å². The van der Waals surface area contributed by atoms with Gasteiger partial charge in [-0.05, 0) is 48.9 Å². The highest BCUT2D eigenvalue weighted by Gasteiger charge is 1.98. The van der Waals surface area contributed by atoms with Crippen molar-refractivity contribution in [3.8, 4) is 5.75 Å². The van der Waals surface area contributed by atoms with Crippen molar-refractivity contribution in [3.63, 3.8) is 0 Å². The lowest BCUT2D eigenvalue weighted by atomic mass is 10.1. The average Bonchev–Trinajstić information content (AvgIpc) is 2.53. The van der Waals surface area contributed by atoms with E-state index in [4.69, 9.17) is 4.74 Å². The van der Waals surface area contributed by atoms with E-state index >= 15 is 0 Å². The number of pyridine rings is 2. The van der Waals surface area contributed by atoms with Crippen LogP contribution >= 0.6 is 0 Å². The number of hydrogen-bond acceptors (Lipinski definition) is 3. The van der Waals surface area contributed by atoms with Gasteiger partial charge in [0, 0.05) is 17.3 Å². The SMILES string of the molecule is COc1ccc2nc(/C=C/c3ccc(C)nc3)ccc2c1. The third-order valence-electron chi connectivity index (χ3n) is 3.30. The molecule has 0 spiro atoms. The van der Waals surface area contributed by atoms with Crippen molar-refractivity contribution in [2.75, 3.05) is 7.11 Å². The topological polar surface area (TPSA) is 35.0 Å². The number of ether oxygens (including phenoxy) is 1. The molecule has 3 heteroatoms. The van der Waals surface area contributed by atoms with Crippen LogP contribution in [0.5, 0.6) is 5.75 Å². The van der Waals surface area contributed by atoms with Crippen molar-refractivity contribution in [3.05, 3.63) is 65.6 Å². The third kappa shape index (κ3) is 3.08. The van der Waals surface area contributed by atoms with Crippen LogP contribution < -0.4 is 4.74 Å². The van der Waals surface area contributed by atoms with E-state index in [1.54, 1.807) is 7.11 Å². The van der Waals surface area contributed by atoms with Gasteiger partial charge in [0.05, 0.1) is 18.3 Å². The maximum atomic E-state index is 5.22. The summed E-state index contributed by atoms with van der Waals surface area (Å²) < 4.78 is 5.22. The monoisotopic (exact) mass is 276 g/mol. The fourth-order valence-corrected chi connectivity index (χ4v) is 2.10. The molecule has 0 bridgehead atoms. The van der Waals surface area contributed by atoms with Gasteiger partial charge < -0.3 is 4.74 Å². The Morgan fingerprint density at radius 3 is 2.67 bits per heavy atom. The molecule has 0 unspecified atom stereocenters. The summed E-state index contributed by atoms with van der Waals surface area (Å²) in [5, 5.41) is 1.07. The molecule has 0 aliphatic heterocycles. The number of nitrogens with zero attached hydrogens (tertiary/aromatic N) is 2. The number of aryl methyl sites for hydroxylation is 1. The fourth-order valence-electron chi connectivity index (χ4n) is 2.10. The number of fused-ring (bicyclic) bond motifs is 1. The minimum Gasteiger partial charge on any atom is -0.497 e. The molecular weight excluding hydrogens is 260 g/mol. The van der Waals surface area contributed by atoms with Crippen LogP contribution in [0.3, 0.4) is 0 Å². The average molecular weight is 276 g/mol. The van der Waals surface area contributed by atoms with Crippen molar-refractivity contribution < 1.29 is 4.74 Å². The molecule has 2 aromatic heterocycles. The molecule has 0 aliphatic rings. The second-order valence-corrected chi connectivity index (χ2v) is 4.86. The molecule has 0 saturated carbocycles. The highest BCUT2D eigenvalue weighted by atomic mass is 16.5.